The maximum Gasteiger partial charge on any atom is 0.224 e. The van der Waals surface area contributed by atoms with Gasteiger partial charge in [0.15, 0.2) is 5.82 Å². The Kier molecular flexibility index (Phi) is 4.71. The standard InChI is InChI=1S/C17H23N5O/c1-12(18)11-15(23)22-9-7-14(8-10-22)17-19-16(20-21-17)13-5-3-2-4-6-13/h2-6,12,14H,7-11,18H2,1H3,(H,19,20,21). The average molecular weight is 313 g/mol. The highest BCUT2D eigenvalue weighted by Gasteiger charge is 2.26. The van der Waals surface area contributed by atoms with Crippen LogP contribution in [0.3, 0.4) is 0 Å². The van der Waals surface area contributed by atoms with E-state index in [0.717, 1.165) is 43.1 Å². The third-order valence-corrected chi connectivity index (χ3v) is 4.27. The van der Waals surface area contributed by atoms with Crippen LogP contribution in [0, 0.1) is 0 Å². The lowest BCUT2D eigenvalue weighted by Crippen LogP contribution is -2.40. The number of rotatable bonds is 4. The first kappa shape index (κ1) is 15.7. The third kappa shape index (κ3) is 3.76. The predicted molar refractivity (Wildman–Crippen MR) is 88.6 cm³/mol. The minimum Gasteiger partial charge on any atom is -0.343 e. The fourth-order valence-electron chi connectivity index (χ4n) is 2.98. The Labute approximate surface area is 136 Å². The van der Waals surface area contributed by atoms with Gasteiger partial charge in [0.1, 0.15) is 5.82 Å². The van der Waals surface area contributed by atoms with Gasteiger partial charge in [-0.1, -0.05) is 30.3 Å². The molecule has 122 valence electrons. The highest BCUT2D eigenvalue weighted by atomic mass is 16.2. The first-order valence-electron chi connectivity index (χ1n) is 8.14. The van der Waals surface area contributed by atoms with Crippen molar-refractivity contribution in [3.05, 3.63) is 36.2 Å². The van der Waals surface area contributed by atoms with E-state index in [2.05, 4.69) is 15.2 Å². The smallest absolute Gasteiger partial charge is 0.224 e. The summed E-state index contributed by atoms with van der Waals surface area (Å²) in [5.41, 5.74) is 6.72. The number of aromatic amines is 1. The van der Waals surface area contributed by atoms with E-state index < -0.39 is 0 Å². The predicted octanol–water partition coefficient (Wildman–Crippen LogP) is 1.92. The highest BCUT2D eigenvalue weighted by molar-refractivity contribution is 5.76. The van der Waals surface area contributed by atoms with Crippen LogP contribution in [0.25, 0.3) is 11.4 Å². The zero-order valence-electron chi connectivity index (χ0n) is 13.4. The summed E-state index contributed by atoms with van der Waals surface area (Å²) >= 11 is 0. The molecule has 1 aliphatic heterocycles. The largest absolute Gasteiger partial charge is 0.343 e. The van der Waals surface area contributed by atoms with Crippen molar-refractivity contribution in [1.29, 1.82) is 0 Å². The van der Waals surface area contributed by atoms with Crippen LogP contribution in [0.5, 0.6) is 0 Å². The van der Waals surface area contributed by atoms with E-state index >= 15 is 0 Å². The Bertz CT molecular complexity index is 644. The van der Waals surface area contributed by atoms with Crippen LogP contribution in [0.15, 0.2) is 30.3 Å². The lowest BCUT2D eigenvalue weighted by Gasteiger charge is -2.31. The number of aromatic nitrogens is 3. The summed E-state index contributed by atoms with van der Waals surface area (Å²) in [5, 5.41) is 7.39. The number of H-pyrrole nitrogens is 1. The van der Waals surface area contributed by atoms with Gasteiger partial charge in [0.05, 0.1) is 0 Å². The van der Waals surface area contributed by atoms with Crippen molar-refractivity contribution in [3.8, 4) is 11.4 Å². The van der Waals surface area contributed by atoms with Crippen molar-refractivity contribution in [2.24, 2.45) is 5.73 Å². The van der Waals surface area contributed by atoms with E-state index in [0.29, 0.717) is 12.3 Å². The number of carbonyl (C=O) groups excluding carboxylic acids is 1. The van der Waals surface area contributed by atoms with Crippen molar-refractivity contribution in [2.45, 2.75) is 38.1 Å². The van der Waals surface area contributed by atoms with Gasteiger partial charge in [-0.05, 0) is 19.8 Å². The minimum atomic E-state index is -0.0806. The molecule has 0 aliphatic carbocycles. The Hall–Kier alpha value is -2.21. The van der Waals surface area contributed by atoms with Crippen molar-refractivity contribution in [2.75, 3.05) is 13.1 Å². The van der Waals surface area contributed by atoms with E-state index in [4.69, 9.17) is 5.73 Å². The second-order valence-corrected chi connectivity index (χ2v) is 6.25. The lowest BCUT2D eigenvalue weighted by molar-refractivity contribution is -0.132. The highest BCUT2D eigenvalue weighted by Crippen LogP contribution is 2.27. The Morgan fingerprint density at radius 2 is 2.04 bits per heavy atom. The van der Waals surface area contributed by atoms with Gasteiger partial charge in [-0.2, -0.15) is 5.10 Å². The number of piperidine rings is 1. The number of hydrogen-bond donors (Lipinski definition) is 2. The minimum absolute atomic E-state index is 0.0806. The van der Waals surface area contributed by atoms with Gasteiger partial charge in [0, 0.05) is 37.0 Å². The van der Waals surface area contributed by atoms with Crippen molar-refractivity contribution in [1.82, 2.24) is 20.1 Å². The normalized spacial score (nSPS) is 17.2. The number of nitrogens with zero attached hydrogens (tertiary/aromatic N) is 3. The fraction of sp³-hybridized carbons (Fsp3) is 0.471. The van der Waals surface area contributed by atoms with Gasteiger partial charge in [0.25, 0.3) is 0 Å². The first-order chi connectivity index (χ1) is 11.1. The molecule has 1 aliphatic rings. The van der Waals surface area contributed by atoms with Crippen molar-refractivity contribution >= 4 is 5.91 Å². The van der Waals surface area contributed by atoms with Crippen LogP contribution in [-0.2, 0) is 4.79 Å². The van der Waals surface area contributed by atoms with Gasteiger partial charge in [-0.15, -0.1) is 0 Å². The number of amides is 1. The molecule has 0 spiro atoms. The zero-order valence-corrected chi connectivity index (χ0v) is 13.4. The molecule has 2 aromatic rings. The molecule has 1 amide bonds. The van der Waals surface area contributed by atoms with E-state index in [1.807, 2.05) is 42.2 Å². The number of carbonyl (C=O) groups is 1. The molecule has 6 heteroatoms. The summed E-state index contributed by atoms with van der Waals surface area (Å²) in [4.78, 5) is 18.6. The van der Waals surface area contributed by atoms with Gasteiger partial charge < -0.3 is 10.6 Å². The summed E-state index contributed by atoms with van der Waals surface area (Å²) in [7, 11) is 0. The summed E-state index contributed by atoms with van der Waals surface area (Å²) < 4.78 is 0. The molecule has 0 bridgehead atoms. The molecule has 3 rings (SSSR count). The second kappa shape index (κ2) is 6.91. The summed E-state index contributed by atoms with van der Waals surface area (Å²) in [6, 6.07) is 9.86. The summed E-state index contributed by atoms with van der Waals surface area (Å²) in [5.74, 6) is 2.14. The summed E-state index contributed by atoms with van der Waals surface area (Å²) in [6.45, 7) is 3.39. The molecule has 1 aromatic heterocycles. The molecule has 23 heavy (non-hydrogen) atoms. The van der Waals surface area contributed by atoms with Gasteiger partial charge in [-0.25, -0.2) is 4.98 Å². The molecule has 3 N–H and O–H groups in total. The molecule has 1 atom stereocenters. The molecule has 1 fully saturated rings. The van der Waals surface area contributed by atoms with Crippen LogP contribution >= 0.6 is 0 Å². The average Bonchev–Trinajstić information content (AvgIpc) is 3.05. The second-order valence-electron chi connectivity index (χ2n) is 6.25. The number of likely N-dealkylation sites (tertiary alicyclic amines) is 1. The van der Waals surface area contributed by atoms with Gasteiger partial charge >= 0.3 is 0 Å². The van der Waals surface area contributed by atoms with Crippen molar-refractivity contribution < 1.29 is 4.79 Å². The van der Waals surface area contributed by atoms with Crippen LogP contribution in [0.2, 0.25) is 0 Å². The molecule has 1 unspecified atom stereocenters. The monoisotopic (exact) mass is 313 g/mol. The van der Waals surface area contributed by atoms with Crippen LogP contribution in [-0.4, -0.2) is 45.1 Å². The van der Waals surface area contributed by atoms with E-state index in [1.54, 1.807) is 0 Å². The molecule has 0 radical (unpaired) electrons. The van der Waals surface area contributed by atoms with Crippen LogP contribution in [0.1, 0.15) is 37.9 Å². The Morgan fingerprint density at radius 3 is 2.70 bits per heavy atom. The molecule has 0 saturated carbocycles. The molecular weight excluding hydrogens is 290 g/mol. The topological polar surface area (TPSA) is 87.9 Å². The molecule has 6 nitrogen and oxygen atoms in total. The SMILES string of the molecule is CC(N)CC(=O)N1CCC(c2nc(-c3ccccc3)n[nH]2)CC1. The van der Waals surface area contributed by atoms with E-state index in [-0.39, 0.29) is 11.9 Å². The third-order valence-electron chi connectivity index (χ3n) is 4.27. The molecule has 1 aromatic carbocycles. The van der Waals surface area contributed by atoms with E-state index in [9.17, 15) is 4.79 Å². The lowest BCUT2D eigenvalue weighted by atomic mass is 9.96. The summed E-state index contributed by atoms with van der Waals surface area (Å²) in [6.07, 6.45) is 2.24. The molecule has 1 saturated heterocycles. The Morgan fingerprint density at radius 1 is 1.35 bits per heavy atom. The molecule has 2 heterocycles. The number of benzene rings is 1. The maximum atomic E-state index is 12.1. The number of nitrogens with one attached hydrogen (secondary N) is 1. The van der Waals surface area contributed by atoms with E-state index in [1.165, 1.54) is 0 Å². The van der Waals surface area contributed by atoms with Crippen LogP contribution in [0.4, 0.5) is 0 Å². The zero-order chi connectivity index (χ0) is 16.2. The van der Waals surface area contributed by atoms with Crippen molar-refractivity contribution in [3.63, 3.8) is 0 Å². The van der Waals surface area contributed by atoms with Gasteiger partial charge in [-0.3, -0.25) is 9.89 Å². The van der Waals surface area contributed by atoms with Gasteiger partial charge in [0.2, 0.25) is 5.91 Å². The maximum absolute atomic E-state index is 12.1. The quantitative estimate of drug-likeness (QED) is 0.902. The number of nitrogens with two attached hydrogens (primary N) is 1. The number of hydrogen-bond acceptors (Lipinski definition) is 4. The molecular formula is C17H23N5O. The first-order valence-corrected chi connectivity index (χ1v) is 8.14. The fourth-order valence-corrected chi connectivity index (χ4v) is 2.98. The van der Waals surface area contributed by atoms with Crippen LogP contribution < -0.4 is 5.73 Å². The Balaban J connectivity index is 1.60.